The van der Waals surface area contributed by atoms with Gasteiger partial charge < -0.3 is 4.74 Å². The molecule has 7 nitrogen and oxygen atoms in total. The zero-order chi connectivity index (χ0) is 14.2. The van der Waals surface area contributed by atoms with Gasteiger partial charge in [-0.25, -0.2) is 4.68 Å². The fourth-order valence-corrected chi connectivity index (χ4v) is 2.52. The van der Waals surface area contributed by atoms with Gasteiger partial charge in [-0.2, -0.15) is 0 Å². The van der Waals surface area contributed by atoms with Crippen LogP contribution in [-0.2, 0) is 17.8 Å². The van der Waals surface area contributed by atoms with Crippen molar-refractivity contribution in [2.24, 2.45) is 0 Å². The second-order valence-electron chi connectivity index (χ2n) is 5.42. The molecular formula is C14H15N5O2. The van der Waals surface area contributed by atoms with E-state index in [0.29, 0.717) is 30.8 Å². The SMILES string of the molecule is O=C(Nc1nnnn1C1CC1)c1ccc2c(c1)CCOC2. The highest BCUT2D eigenvalue weighted by Crippen LogP contribution is 2.35. The van der Waals surface area contributed by atoms with Gasteiger partial charge in [-0.15, -0.1) is 0 Å². The van der Waals surface area contributed by atoms with Crippen LogP contribution in [0.2, 0.25) is 0 Å². The van der Waals surface area contributed by atoms with Crippen LogP contribution in [-0.4, -0.2) is 32.7 Å². The Morgan fingerprint density at radius 3 is 3.10 bits per heavy atom. The summed E-state index contributed by atoms with van der Waals surface area (Å²) in [5.74, 6) is 0.240. The van der Waals surface area contributed by atoms with Crippen LogP contribution in [0.1, 0.15) is 40.4 Å². The third kappa shape index (κ3) is 2.40. The normalized spacial score (nSPS) is 17.3. The molecule has 0 spiro atoms. The first-order valence-electron chi connectivity index (χ1n) is 7.10. The molecule has 108 valence electrons. The van der Waals surface area contributed by atoms with Crippen LogP contribution >= 0.6 is 0 Å². The zero-order valence-electron chi connectivity index (χ0n) is 11.5. The Morgan fingerprint density at radius 1 is 1.33 bits per heavy atom. The first-order valence-corrected chi connectivity index (χ1v) is 7.10. The highest BCUT2D eigenvalue weighted by atomic mass is 16.5. The fraction of sp³-hybridized carbons (Fsp3) is 0.429. The van der Waals surface area contributed by atoms with E-state index in [1.165, 1.54) is 5.56 Å². The van der Waals surface area contributed by atoms with Crippen LogP contribution in [0.5, 0.6) is 0 Å². The van der Waals surface area contributed by atoms with Crippen molar-refractivity contribution < 1.29 is 9.53 Å². The maximum atomic E-state index is 12.3. The Kier molecular flexibility index (Phi) is 2.92. The molecule has 0 bridgehead atoms. The van der Waals surface area contributed by atoms with Crippen molar-refractivity contribution in [2.75, 3.05) is 11.9 Å². The molecule has 21 heavy (non-hydrogen) atoms. The molecule has 7 heteroatoms. The number of ether oxygens (including phenoxy) is 1. The minimum atomic E-state index is -0.180. The van der Waals surface area contributed by atoms with E-state index < -0.39 is 0 Å². The van der Waals surface area contributed by atoms with Crippen molar-refractivity contribution in [3.05, 3.63) is 34.9 Å². The summed E-state index contributed by atoms with van der Waals surface area (Å²) in [6, 6.07) is 6.02. The van der Waals surface area contributed by atoms with Crippen molar-refractivity contribution in [2.45, 2.75) is 31.9 Å². The molecule has 1 fully saturated rings. The monoisotopic (exact) mass is 285 g/mol. The summed E-state index contributed by atoms with van der Waals surface area (Å²) in [4.78, 5) is 12.3. The highest BCUT2D eigenvalue weighted by Gasteiger charge is 2.28. The number of hydrogen-bond acceptors (Lipinski definition) is 5. The van der Waals surface area contributed by atoms with Crippen LogP contribution in [0.3, 0.4) is 0 Å². The lowest BCUT2D eigenvalue weighted by Gasteiger charge is -2.17. The highest BCUT2D eigenvalue weighted by molar-refractivity contribution is 6.03. The summed E-state index contributed by atoms with van der Waals surface area (Å²) in [6.07, 6.45) is 2.97. The predicted octanol–water partition coefficient (Wildman–Crippen LogP) is 1.33. The number of anilines is 1. The Hall–Kier alpha value is -2.28. The van der Waals surface area contributed by atoms with E-state index in [9.17, 15) is 4.79 Å². The smallest absolute Gasteiger partial charge is 0.258 e. The van der Waals surface area contributed by atoms with Crippen molar-refractivity contribution in [1.82, 2.24) is 20.2 Å². The lowest BCUT2D eigenvalue weighted by atomic mass is 10.00. The van der Waals surface area contributed by atoms with E-state index in [0.717, 1.165) is 24.8 Å². The van der Waals surface area contributed by atoms with Gasteiger partial charge >= 0.3 is 0 Å². The molecule has 1 N–H and O–H groups in total. The maximum absolute atomic E-state index is 12.3. The largest absolute Gasteiger partial charge is 0.376 e. The van der Waals surface area contributed by atoms with E-state index in [4.69, 9.17) is 4.74 Å². The topological polar surface area (TPSA) is 81.9 Å². The van der Waals surface area contributed by atoms with Crippen molar-refractivity contribution in [1.29, 1.82) is 0 Å². The molecule has 2 aliphatic rings. The quantitative estimate of drug-likeness (QED) is 0.920. The number of aromatic nitrogens is 4. The third-order valence-corrected chi connectivity index (χ3v) is 3.85. The third-order valence-electron chi connectivity index (χ3n) is 3.85. The molecule has 2 heterocycles. The van der Waals surface area contributed by atoms with Gasteiger partial charge in [0.2, 0.25) is 5.95 Å². The average Bonchev–Trinajstić information content (AvgIpc) is 3.27. The van der Waals surface area contributed by atoms with Crippen LogP contribution in [0.15, 0.2) is 18.2 Å². The van der Waals surface area contributed by atoms with E-state index in [1.807, 2.05) is 18.2 Å². The Bertz CT molecular complexity index is 692. The lowest BCUT2D eigenvalue weighted by Crippen LogP contribution is -2.18. The second-order valence-corrected chi connectivity index (χ2v) is 5.42. The molecule has 1 aliphatic heterocycles. The van der Waals surface area contributed by atoms with Gasteiger partial charge in [-0.3, -0.25) is 10.1 Å². The zero-order valence-corrected chi connectivity index (χ0v) is 11.5. The summed E-state index contributed by atoms with van der Waals surface area (Å²) in [5, 5.41) is 14.2. The van der Waals surface area contributed by atoms with Crippen LogP contribution in [0.4, 0.5) is 5.95 Å². The summed E-state index contributed by atoms with van der Waals surface area (Å²) < 4.78 is 7.08. The van der Waals surface area contributed by atoms with Gasteiger partial charge in [0.15, 0.2) is 0 Å². The molecular weight excluding hydrogens is 270 g/mol. The lowest BCUT2D eigenvalue weighted by molar-refractivity contribution is 0.102. The van der Waals surface area contributed by atoms with E-state index in [-0.39, 0.29) is 5.91 Å². The van der Waals surface area contributed by atoms with Gasteiger partial charge in [-0.05, 0) is 52.9 Å². The Balaban J connectivity index is 1.55. The number of amides is 1. The number of hydrogen-bond donors (Lipinski definition) is 1. The first-order chi connectivity index (χ1) is 10.3. The number of rotatable bonds is 3. The number of nitrogens with one attached hydrogen (secondary N) is 1. The van der Waals surface area contributed by atoms with Crippen molar-refractivity contribution in [3.8, 4) is 0 Å². The summed E-state index contributed by atoms with van der Waals surface area (Å²) in [6.45, 7) is 1.33. The van der Waals surface area contributed by atoms with Crippen LogP contribution in [0, 0.1) is 0 Å². The van der Waals surface area contributed by atoms with Gasteiger partial charge in [0.25, 0.3) is 5.91 Å². The minimum Gasteiger partial charge on any atom is -0.376 e. The molecule has 0 atom stereocenters. The van der Waals surface area contributed by atoms with E-state index in [2.05, 4.69) is 20.8 Å². The summed E-state index contributed by atoms with van der Waals surface area (Å²) >= 11 is 0. The summed E-state index contributed by atoms with van der Waals surface area (Å²) in [5.41, 5.74) is 2.96. The molecule has 0 radical (unpaired) electrons. The molecule has 0 saturated heterocycles. The van der Waals surface area contributed by atoms with Gasteiger partial charge in [0.05, 0.1) is 19.3 Å². The predicted molar refractivity (Wildman–Crippen MR) is 73.8 cm³/mol. The average molecular weight is 285 g/mol. The Labute approximate surface area is 121 Å². The molecule has 1 aliphatic carbocycles. The Morgan fingerprint density at radius 2 is 2.24 bits per heavy atom. The molecule has 1 saturated carbocycles. The van der Waals surface area contributed by atoms with Crippen molar-refractivity contribution >= 4 is 11.9 Å². The number of benzene rings is 1. The van der Waals surface area contributed by atoms with Crippen molar-refractivity contribution in [3.63, 3.8) is 0 Å². The fourth-order valence-electron chi connectivity index (χ4n) is 2.52. The molecule has 4 rings (SSSR count). The minimum absolute atomic E-state index is 0.180. The number of fused-ring (bicyclic) bond motifs is 1. The van der Waals surface area contributed by atoms with E-state index in [1.54, 1.807) is 4.68 Å². The maximum Gasteiger partial charge on any atom is 0.258 e. The number of carbonyl (C=O) groups excluding carboxylic acids is 1. The number of nitrogens with zero attached hydrogens (tertiary/aromatic N) is 4. The molecule has 2 aromatic rings. The van der Waals surface area contributed by atoms with Gasteiger partial charge in [-0.1, -0.05) is 11.2 Å². The van der Waals surface area contributed by atoms with E-state index >= 15 is 0 Å². The number of tetrazole rings is 1. The first kappa shape index (κ1) is 12.5. The molecule has 1 aromatic carbocycles. The summed E-state index contributed by atoms with van der Waals surface area (Å²) in [7, 11) is 0. The van der Waals surface area contributed by atoms with Gasteiger partial charge in [0.1, 0.15) is 0 Å². The molecule has 1 aromatic heterocycles. The standard InChI is InChI=1S/C14H15N5O2/c20-13(15-14-16-17-18-19(14)12-3-4-12)10-1-2-11-8-21-6-5-9(11)7-10/h1-2,7,12H,3-6,8H2,(H,15,16,18,20). The second kappa shape index (κ2) is 4.92. The molecule has 0 unspecified atom stereocenters. The number of carbonyl (C=O) groups is 1. The molecule has 1 amide bonds. The van der Waals surface area contributed by atoms with Gasteiger partial charge in [0, 0.05) is 5.56 Å². The van der Waals surface area contributed by atoms with Crippen LogP contribution in [0.25, 0.3) is 0 Å². The van der Waals surface area contributed by atoms with Crippen LogP contribution < -0.4 is 5.32 Å².